The fraction of sp³-hybridized carbons (Fsp3) is 0.111. The maximum Gasteiger partial charge on any atom is 0.279 e. The average molecular weight is 175 g/mol. The van der Waals surface area contributed by atoms with Gasteiger partial charge in [0, 0.05) is 7.05 Å². The van der Waals surface area contributed by atoms with Gasteiger partial charge in [-0.05, 0) is 12.1 Å². The number of rotatable bonds is 1. The van der Waals surface area contributed by atoms with Crippen LogP contribution in [0.3, 0.4) is 0 Å². The highest BCUT2D eigenvalue weighted by Crippen LogP contribution is 2.03. The molecule has 2 aromatic rings. The van der Waals surface area contributed by atoms with Gasteiger partial charge in [-0.1, -0.05) is 12.1 Å². The number of hydrogen-bond donors (Lipinski definition) is 1. The van der Waals surface area contributed by atoms with Gasteiger partial charge in [0.25, 0.3) is 5.56 Å². The molecule has 0 saturated heterocycles. The van der Waals surface area contributed by atoms with Crippen molar-refractivity contribution in [1.29, 1.82) is 0 Å². The zero-order valence-electron chi connectivity index (χ0n) is 7.19. The molecule has 0 spiro atoms. The van der Waals surface area contributed by atoms with Gasteiger partial charge in [-0.25, -0.2) is 9.66 Å². The molecule has 1 heterocycles. The maximum atomic E-state index is 11.6. The maximum absolute atomic E-state index is 11.6. The van der Waals surface area contributed by atoms with Crippen molar-refractivity contribution in [3.05, 3.63) is 40.9 Å². The molecule has 0 fully saturated rings. The van der Waals surface area contributed by atoms with Crippen molar-refractivity contribution < 1.29 is 0 Å². The lowest BCUT2D eigenvalue weighted by molar-refractivity contribution is 0.855. The van der Waals surface area contributed by atoms with E-state index in [0.717, 1.165) is 5.52 Å². The first-order valence-electron chi connectivity index (χ1n) is 3.97. The summed E-state index contributed by atoms with van der Waals surface area (Å²) in [5, 5.41) is 0.624. The molecule has 1 aromatic heterocycles. The molecular weight excluding hydrogens is 166 g/mol. The fourth-order valence-corrected chi connectivity index (χ4v) is 1.23. The highest BCUT2D eigenvalue weighted by atomic mass is 16.1. The predicted molar refractivity (Wildman–Crippen MR) is 51.3 cm³/mol. The highest BCUT2D eigenvalue weighted by molar-refractivity contribution is 5.76. The first-order valence-corrected chi connectivity index (χ1v) is 3.97. The van der Waals surface area contributed by atoms with Gasteiger partial charge in [-0.2, -0.15) is 0 Å². The molecule has 0 aliphatic rings. The Bertz CT molecular complexity index is 489. The Labute approximate surface area is 74.8 Å². The van der Waals surface area contributed by atoms with E-state index < -0.39 is 0 Å². The molecule has 0 unspecified atom stereocenters. The van der Waals surface area contributed by atoms with Gasteiger partial charge in [0.1, 0.15) is 6.33 Å². The number of hydrogen-bond acceptors (Lipinski definition) is 3. The summed E-state index contributed by atoms with van der Waals surface area (Å²) in [6.07, 6.45) is 1.48. The van der Waals surface area contributed by atoms with Gasteiger partial charge < -0.3 is 5.43 Å². The molecule has 1 N–H and O–H groups in total. The van der Waals surface area contributed by atoms with E-state index in [9.17, 15) is 4.79 Å². The SMILES string of the molecule is CNn1cnc2ccccc2c1=O. The van der Waals surface area contributed by atoms with Crippen molar-refractivity contribution in [2.75, 3.05) is 12.5 Å². The average Bonchev–Trinajstić information content (AvgIpc) is 2.19. The fourth-order valence-electron chi connectivity index (χ4n) is 1.23. The number of benzene rings is 1. The second-order valence-electron chi connectivity index (χ2n) is 2.66. The minimum Gasteiger partial charge on any atom is -0.325 e. The van der Waals surface area contributed by atoms with Crippen LogP contribution in [0.1, 0.15) is 0 Å². The number of aromatic nitrogens is 2. The van der Waals surface area contributed by atoms with E-state index >= 15 is 0 Å². The Balaban J connectivity index is 2.87. The summed E-state index contributed by atoms with van der Waals surface area (Å²) in [4.78, 5) is 15.7. The van der Waals surface area contributed by atoms with Crippen molar-refractivity contribution in [3.63, 3.8) is 0 Å². The second-order valence-corrected chi connectivity index (χ2v) is 2.66. The number of nitrogens with zero attached hydrogens (tertiary/aromatic N) is 2. The first kappa shape index (κ1) is 7.79. The van der Waals surface area contributed by atoms with E-state index in [0.29, 0.717) is 5.39 Å². The molecule has 0 amide bonds. The van der Waals surface area contributed by atoms with Gasteiger partial charge >= 0.3 is 0 Å². The molecule has 4 nitrogen and oxygen atoms in total. The molecule has 2 rings (SSSR count). The van der Waals surface area contributed by atoms with E-state index in [1.165, 1.54) is 11.0 Å². The van der Waals surface area contributed by atoms with E-state index in [1.807, 2.05) is 18.2 Å². The van der Waals surface area contributed by atoms with Crippen molar-refractivity contribution >= 4 is 10.9 Å². The largest absolute Gasteiger partial charge is 0.325 e. The van der Waals surface area contributed by atoms with Crippen LogP contribution >= 0.6 is 0 Å². The van der Waals surface area contributed by atoms with E-state index in [1.54, 1.807) is 13.1 Å². The van der Waals surface area contributed by atoms with Crippen LogP contribution in [0.25, 0.3) is 10.9 Å². The van der Waals surface area contributed by atoms with Gasteiger partial charge in [0.2, 0.25) is 0 Å². The van der Waals surface area contributed by atoms with Crippen LogP contribution in [-0.2, 0) is 0 Å². The molecule has 1 aromatic carbocycles. The Morgan fingerprint density at radius 2 is 2.15 bits per heavy atom. The molecule has 0 radical (unpaired) electrons. The minimum absolute atomic E-state index is 0.0758. The summed E-state index contributed by atoms with van der Waals surface area (Å²) < 4.78 is 1.35. The predicted octanol–water partition coefficient (Wildman–Crippen LogP) is 0.570. The van der Waals surface area contributed by atoms with Gasteiger partial charge in [0.05, 0.1) is 10.9 Å². The van der Waals surface area contributed by atoms with Gasteiger partial charge in [0.15, 0.2) is 0 Å². The number of nitrogens with one attached hydrogen (secondary N) is 1. The summed E-state index contributed by atoms with van der Waals surface area (Å²) in [7, 11) is 1.68. The summed E-state index contributed by atoms with van der Waals surface area (Å²) in [5.74, 6) is 0. The zero-order chi connectivity index (χ0) is 9.26. The zero-order valence-corrected chi connectivity index (χ0v) is 7.19. The molecule has 0 saturated carbocycles. The standard InChI is InChI=1S/C9H9N3O/c1-10-12-6-11-8-5-3-2-4-7(8)9(12)13/h2-6,10H,1H3. The van der Waals surface area contributed by atoms with E-state index in [2.05, 4.69) is 10.4 Å². The summed E-state index contributed by atoms with van der Waals surface area (Å²) >= 11 is 0. The molecule has 4 heteroatoms. The molecule has 0 aliphatic carbocycles. The topological polar surface area (TPSA) is 46.9 Å². The minimum atomic E-state index is -0.0758. The first-order chi connectivity index (χ1) is 6.33. The van der Waals surface area contributed by atoms with Gasteiger partial charge in [-0.3, -0.25) is 4.79 Å². The lowest BCUT2D eigenvalue weighted by Gasteiger charge is -2.03. The quantitative estimate of drug-likeness (QED) is 0.689. The van der Waals surface area contributed by atoms with Crippen LogP contribution in [0.2, 0.25) is 0 Å². The molecule has 0 atom stereocenters. The van der Waals surface area contributed by atoms with Crippen LogP contribution in [-0.4, -0.2) is 16.7 Å². The number of para-hydroxylation sites is 1. The monoisotopic (exact) mass is 175 g/mol. The van der Waals surface area contributed by atoms with Crippen LogP contribution in [0.15, 0.2) is 35.4 Å². The molecule has 66 valence electrons. The highest BCUT2D eigenvalue weighted by Gasteiger charge is 2.00. The third-order valence-corrected chi connectivity index (χ3v) is 1.91. The summed E-state index contributed by atoms with van der Waals surface area (Å²) in [6.45, 7) is 0. The van der Waals surface area contributed by atoms with Crippen molar-refractivity contribution in [3.8, 4) is 0 Å². The third kappa shape index (κ3) is 1.16. The normalized spacial score (nSPS) is 10.2. The van der Waals surface area contributed by atoms with Crippen molar-refractivity contribution in [2.24, 2.45) is 0 Å². The Kier molecular flexibility index (Phi) is 1.73. The lowest BCUT2D eigenvalue weighted by Crippen LogP contribution is -2.26. The Hall–Kier alpha value is -1.84. The molecule has 0 aliphatic heterocycles. The molecule has 0 bridgehead atoms. The molecule has 13 heavy (non-hydrogen) atoms. The summed E-state index contributed by atoms with van der Waals surface area (Å²) in [6, 6.07) is 7.26. The van der Waals surface area contributed by atoms with Crippen LogP contribution in [0.5, 0.6) is 0 Å². The van der Waals surface area contributed by atoms with E-state index in [-0.39, 0.29) is 5.56 Å². The van der Waals surface area contributed by atoms with Crippen LogP contribution in [0, 0.1) is 0 Å². The smallest absolute Gasteiger partial charge is 0.279 e. The number of fused-ring (bicyclic) bond motifs is 1. The van der Waals surface area contributed by atoms with Gasteiger partial charge in [-0.15, -0.1) is 0 Å². The Morgan fingerprint density at radius 3 is 2.92 bits per heavy atom. The van der Waals surface area contributed by atoms with Crippen molar-refractivity contribution in [1.82, 2.24) is 9.66 Å². The van der Waals surface area contributed by atoms with Crippen molar-refractivity contribution in [2.45, 2.75) is 0 Å². The lowest BCUT2D eigenvalue weighted by atomic mass is 10.2. The Morgan fingerprint density at radius 1 is 1.38 bits per heavy atom. The van der Waals surface area contributed by atoms with Crippen LogP contribution < -0.4 is 11.0 Å². The van der Waals surface area contributed by atoms with E-state index in [4.69, 9.17) is 0 Å². The summed E-state index contributed by atoms with van der Waals surface area (Å²) in [5.41, 5.74) is 3.37. The third-order valence-electron chi connectivity index (χ3n) is 1.91. The second kappa shape index (κ2) is 2.90. The molecular formula is C9H9N3O. The van der Waals surface area contributed by atoms with Crippen LogP contribution in [0.4, 0.5) is 0 Å².